The third-order valence-corrected chi connectivity index (χ3v) is 6.18. The van der Waals surface area contributed by atoms with Crippen LogP contribution in [0.3, 0.4) is 0 Å². The van der Waals surface area contributed by atoms with E-state index in [1.807, 2.05) is 48.5 Å². The molecule has 0 saturated carbocycles. The van der Waals surface area contributed by atoms with Gasteiger partial charge in [0.05, 0.1) is 5.70 Å². The minimum atomic E-state index is -3.90. The molecule has 1 atom stereocenters. The Morgan fingerprint density at radius 2 is 1.73 bits per heavy atom. The van der Waals surface area contributed by atoms with E-state index in [-0.39, 0.29) is 10.4 Å². The van der Waals surface area contributed by atoms with Gasteiger partial charge in [0.1, 0.15) is 6.04 Å². The average Bonchev–Trinajstić information content (AvgIpc) is 3.07. The number of nitrogens with two attached hydrogens (primary N) is 2. The van der Waals surface area contributed by atoms with Crippen LogP contribution in [0, 0.1) is 0 Å². The second-order valence-electron chi connectivity index (χ2n) is 5.78. The highest BCUT2D eigenvalue weighted by Gasteiger charge is 2.37. The maximum absolute atomic E-state index is 11.7. The molecule has 4 rings (SSSR count). The highest BCUT2D eigenvalue weighted by molar-refractivity contribution is 8.42. The molecule has 0 spiro atoms. The molecule has 4 N–H and O–H groups in total. The maximum atomic E-state index is 11.7. The van der Waals surface area contributed by atoms with Gasteiger partial charge in [-0.2, -0.15) is 0 Å². The van der Waals surface area contributed by atoms with E-state index in [1.165, 1.54) is 0 Å². The Kier molecular flexibility index (Phi) is 4.06. The number of nitrogen functional groups attached to an aromatic ring is 1. The summed E-state index contributed by atoms with van der Waals surface area (Å²) < 4.78 is 23.3. The number of nitrogens with zero attached hydrogens (tertiary/aromatic N) is 3. The highest BCUT2D eigenvalue weighted by atomic mass is 32.3. The topological polar surface area (TPSA) is 114 Å². The smallest absolute Gasteiger partial charge is 0.264 e. The number of benzene rings is 2. The molecule has 0 aliphatic carbocycles. The predicted molar refractivity (Wildman–Crippen MR) is 105 cm³/mol. The van der Waals surface area contributed by atoms with Crippen LogP contribution < -0.4 is 10.9 Å². The largest absolute Gasteiger partial charge is 0.399 e. The Hall–Kier alpha value is -2.62. The lowest BCUT2D eigenvalue weighted by molar-refractivity contribution is 0.395. The number of hydrogen-bond donors (Lipinski definition) is 2. The van der Waals surface area contributed by atoms with E-state index < -0.39 is 10.0 Å². The molecule has 0 bridgehead atoms. The van der Waals surface area contributed by atoms with Crippen molar-refractivity contribution >= 4 is 42.7 Å². The van der Waals surface area contributed by atoms with Gasteiger partial charge in [-0.15, -0.1) is 5.10 Å². The molecule has 26 heavy (non-hydrogen) atoms. The minimum Gasteiger partial charge on any atom is -0.399 e. The van der Waals surface area contributed by atoms with Gasteiger partial charge >= 0.3 is 0 Å². The third kappa shape index (κ3) is 3.12. The van der Waals surface area contributed by atoms with E-state index in [4.69, 9.17) is 10.9 Å². The first-order valence-electron chi connectivity index (χ1n) is 7.72. The Morgan fingerprint density at radius 3 is 2.38 bits per heavy atom. The van der Waals surface area contributed by atoms with Crippen molar-refractivity contribution in [3.63, 3.8) is 0 Å². The van der Waals surface area contributed by atoms with Gasteiger partial charge < -0.3 is 5.73 Å². The van der Waals surface area contributed by atoms with Gasteiger partial charge in [-0.3, -0.25) is 0 Å². The molecule has 0 saturated heterocycles. The van der Waals surface area contributed by atoms with Gasteiger partial charge in [0, 0.05) is 11.3 Å². The van der Waals surface area contributed by atoms with Crippen molar-refractivity contribution in [2.45, 2.75) is 6.04 Å². The average molecular weight is 385 g/mol. The Morgan fingerprint density at radius 1 is 1.04 bits per heavy atom. The Bertz CT molecular complexity index is 1040. The fourth-order valence-electron chi connectivity index (χ4n) is 2.71. The van der Waals surface area contributed by atoms with E-state index in [0.29, 0.717) is 10.9 Å². The molecule has 0 fully saturated rings. The molecule has 0 radical (unpaired) electrons. The number of rotatable bonds is 2. The van der Waals surface area contributed by atoms with E-state index >= 15 is 0 Å². The van der Waals surface area contributed by atoms with Crippen LogP contribution in [-0.4, -0.2) is 23.0 Å². The number of thioether (sulfide) groups is 1. The van der Waals surface area contributed by atoms with Crippen LogP contribution in [0.2, 0.25) is 0 Å². The van der Waals surface area contributed by atoms with Gasteiger partial charge in [0.25, 0.3) is 10.0 Å². The predicted octanol–water partition coefficient (Wildman–Crippen LogP) is 2.33. The summed E-state index contributed by atoms with van der Waals surface area (Å²) >= 11 is 0.949. The molecule has 2 aromatic rings. The quantitative estimate of drug-likeness (QED) is 0.770. The van der Waals surface area contributed by atoms with Gasteiger partial charge in [0.15, 0.2) is 5.17 Å². The second-order valence-corrected chi connectivity index (χ2v) is 8.47. The van der Waals surface area contributed by atoms with E-state index in [2.05, 4.69) is 10.1 Å². The standard InChI is InChI=1S/C17H15N5O2S2/c18-13-8-6-11(7-9-13)14-10-15(12-4-2-1-3-5-12)22-16(20-14)25-17(21-22)26(19,23)24/h1-10,15H,18H2,(H2,19,23,24). The molecule has 2 aromatic carbocycles. The normalized spacial score (nSPS) is 19.5. The van der Waals surface area contributed by atoms with E-state index in [0.717, 1.165) is 28.6 Å². The number of hydrazone groups is 1. The van der Waals surface area contributed by atoms with Crippen LogP contribution >= 0.6 is 11.8 Å². The summed E-state index contributed by atoms with van der Waals surface area (Å²) in [5, 5.41) is 11.5. The first-order chi connectivity index (χ1) is 12.4. The fraction of sp³-hybridized carbons (Fsp3) is 0.0588. The molecule has 2 heterocycles. The molecule has 0 amide bonds. The fourth-order valence-corrected chi connectivity index (χ4v) is 4.28. The van der Waals surface area contributed by atoms with Crippen molar-refractivity contribution in [3.05, 3.63) is 71.8 Å². The monoisotopic (exact) mass is 385 g/mol. The molecule has 7 nitrogen and oxygen atoms in total. The highest BCUT2D eigenvalue weighted by Crippen LogP contribution is 2.39. The lowest BCUT2D eigenvalue weighted by Gasteiger charge is -2.28. The summed E-state index contributed by atoms with van der Waals surface area (Å²) in [6, 6.07) is 16.7. The summed E-state index contributed by atoms with van der Waals surface area (Å²) in [6.45, 7) is 0. The van der Waals surface area contributed by atoms with Crippen molar-refractivity contribution in [3.8, 4) is 0 Å². The van der Waals surface area contributed by atoms with Gasteiger partial charge in [0.2, 0.25) is 4.38 Å². The minimum absolute atomic E-state index is 0.163. The van der Waals surface area contributed by atoms with Crippen LogP contribution in [-0.2, 0) is 10.0 Å². The number of primary sulfonamides is 1. The molecule has 9 heteroatoms. The van der Waals surface area contributed by atoms with E-state index in [1.54, 1.807) is 17.1 Å². The zero-order valence-electron chi connectivity index (χ0n) is 13.5. The number of sulfonamides is 1. The molecular formula is C17H15N5O2S2. The summed E-state index contributed by atoms with van der Waals surface area (Å²) in [7, 11) is -3.90. The summed E-state index contributed by atoms with van der Waals surface area (Å²) in [5.41, 5.74) is 9.00. The van der Waals surface area contributed by atoms with Crippen molar-refractivity contribution in [2.24, 2.45) is 15.2 Å². The lowest BCUT2D eigenvalue weighted by Crippen LogP contribution is -2.27. The zero-order valence-corrected chi connectivity index (χ0v) is 15.1. The van der Waals surface area contributed by atoms with Crippen molar-refractivity contribution in [2.75, 3.05) is 5.73 Å². The number of amidine groups is 1. The molecular weight excluding hydrogens is 370 g/mol. The van der Waals surface area contributed by atoms with Crippen LogP contribution in [0.15, 0.2) is 70.8 Å². The first-order valence-corrected chi connectivity index (χ1v) is 10.1. The van der Waals surface area contributed by atoms with Gasteiger partial charge in [-0.25, -0.2) is 23.6 Å². The van der Waals surface area contributed by atoms with E-state index in [9.17, 15) is 8.42 Å². The van der Waals surface area contributed by atoms with Crippen LogP contribution in [0.5, 0.6) is 0 Å². The molecule has 2 aliphatic rings. The van der Waals surface area contributed by atoms with Crippen molar-refractivity contribution < 1.29 is 8.42 Å². The third-order valence-electron chi connectivity index (χ3n) is 3.95. The zero-order chi connectivity index (χ0) is 18.3. The number of aliphatic imine (C=N–C) groups is 1. The molecule has 1 unspecified atom stereocenters. The molecule has 132 valence electrons. The van der Waals surface area contributed by atoms with Gasteiger partial charge in [-0.1, -0.05) is 42.5 Å². The van der Waals surface area contributed by atoms with Crippen molar-refractivity contribution in [1.82, 2.24) is 5.01 Å². The lowest BCUT2D eigenvalue weighted by atomic mass is 10.0. The molecule has 2 aliphatic heterocycles. The Labute approximate surface area is 155 Å². The molecule has 0 aromatic heterocycles. The number of fused-ring (bicyclic) bond motifs is 1. The summed E-state index contributed by atoms with van der Waals surface area (Å²) in [6.07, 6.45) is 1.94. The van der Waals surface area contributed by atoms with Crippen molar-refractivity contribution in [1.29, 1.82) is 0 Å². The number of anilines is 1. The van der Waals surface area contributed by atoms with Crippen LogP contribution in [0.25, 0.3) is 5.70 Å². The first kappa shape index (κ1) is 16.8. The number of hydrogen-bond acceptors (Lipinski definition) is 7. The van der Waals surface area contributed by atoms with Gasteiger partial charge in [-0.05, 0) is 35.5 Å². The van der Waals surface area contributed by atoms with Crippen LogP contribution in [0.1, 0.15) is 17.2 Å². The summed E-state index contributed by atoms with van der Waals surface area (Å²) in [5.74, 6) is 0. The Balaban J connectivity index is 1.82. The SMILES string of the molecule is Nc1ccc(C2=CC(c3ccccc3)N3N=C(S(N)(=O)=O)SC3=N2)cc1. The summed E-state index contributed by atoms with van der Waals surface area (Å²) in [4.78, 5) is 4.57. The maximum Gasteiger partial charge on any atom is 0.264 e. The van der Waals surface area contributed by atoms with Crippen LogP contribution in [0.4, 0.5) is 5.69 Å². The second kappa shape index (κ2) is 6.27.